The van der Waals surface area contributed by atoms with Gasteiger partial charge in [0, 0.05) is 17.7 Å². The van der Waals surface area contributed by atoms with Crippen LogP contribution in [-0.4, -0.2) is 30.3 Å². The summed E-state index contributed by atoms with van der Waals surface area (Å²) in [5.74, 6) is 2.35. The zero-order valence-electron chi connectivity index (χ0n) is 18.3. The van der Waals surface area contributed by atoms with E-state index in [1.165, 1.54) is 0 Å². The normalized spacial score (nSPS) is 10.5. The van der Waals surface area contributed by atoms with Gasteiger partial charge in [0.25, 0.3) is 11.8 Å². The molecule has 0 fully saturated rings. The van der Waals surface area contributed by atoms with Crippen molar-refractivity contribution in [2.75, 3.05) is 14.2 Å². The molecule has 0 aliphatic rings. The Kier molecular flexibility index (Phi) is 6.84. The fourth-order valence-corrected chi connectivity index (χ4v) is 3.21. The van der Waals surface area contributed by atoms with Crippen molar-refractivity contribution in [2.45, 2.75) is 13.2 Å². The van der Waals surface area contributed by atoms with E-state index in [2.05, 4.69) is 15.5 Å². The van der Waals surface area contributed by atoms with Crippen LogP contribution in [0.5, 0.6) is 17.2 Å². The van der Waals surface area contributed by atoms with E-state index in [0.29, 0.717) is 35.3 Å². The molecule has 0 aliphatic carbocycles. The molecule has 0 atom stereocenters. The average molecular weight is 445 g/mol. The summed E-state index contributed by atoms with van der Waals surface area (Å²) in [6.07, 6.45) is 0. The van der Waals surface area contributed by atoms with Gasteiger partial charge in [0.05, 0.1) is 19.8 Å². The molecule has 4 rings (SSSR count). The topological polar surface area (TPSA) is 95.7 Å². The summed E-state index contributed by atoms with van der Waals surface area (Å²) in [5.41, 5.74) is 2.08. The zero-order valence-corrected chi connectivity index (χ0v) is 18.3. The molecule has 0 radical (unpaired) electrons. The van der Waals surface area contributed by atoms with Crippen LogP contribution in [0, 0.1) is 0 Å². The first-order chi connectivity index (χ1) is 16.2. The van der Waals surface area contributed by atoms with Crippen molar-refractivity contribution in [1.82, 2.24) is 15.5 Å². The monoisotopic (exact) mass is 445 g/mol. The van der Waals surface area contributed by atoms with Gasteiger partial charge < -0.3 is 24.1 Å². The maximum Gasteiger partial charge on any atom is 0.264 e. The number of ether oxygens (including phenoxy) is 3. The van der Waals surface area contributed by atoms with Crippen LogP contribution < -0.4 is 19.5 Å². The number of benzene rings is 3. The summed E-state index contributed by atoms with van der Waals surface area (Å²) in [6, 6.07) is 21.8. The largest absolute Gasteiger partial charge is 0.497 e. The molecule has 8 heteroatoms. The molecule has 1 aromatic heterocycles. The predicted molar refractivity (Wildman–Crippen MR) is 121 cm³/mol. The number of rotatable bonds is 9. The summed E-state index contributed by atoms with van der Waals surface area (Å²) < 4.78 is 21.6. The molecule has 33 heavy (non-hydrogen) atoms. The van der Waals surface area contributed by atoms with Crippen LogP contribution in [0.1, 0.15) is 21.8 Å². The van der Waals surface area contributed by atoms with Crippen LogP contribution >= 0.6 is 0 Å². The molecule has 0 saturated carbocycles. The number of para-hydroxylation sites is 2. The Morgan fingerprint density at radius 1 is 0.909 bits per heavy atom. The number of amides is 1. The summed E-state index contributed by atoms with van der Waals surface area (Å²) >= 11 is 0. The summed E-state index contributed by atoms with van der Waals surface area (Å²) in [4.78, 5) is 17.2. The number of carbonyl (C=O) groups excluding carboxylic acids is 1. The average Bonchev–Trinajstić information content (AvgIpc) is 3.35. The van der Waals surface area contributed by atoms with Crippen LogP contribution in [0.4, 0.5) is 0 Å². The smallest absolute Gasteiger partial charge is 0.264 e. The minimum absolute atomic E-state index is 0.0277. The highest BCUT2D eigenvalue weighted by Crippen LogP contribution is 2.23. The third-order valence-corrected chi connectivity index (χ3v) is 4.93. The van der Waals surface area contributed by atoms with E-state index >= 15 is 0 Å². The van der Waals surface area contributed by atoms with E-state index in [1.54, 1.807) is 38.5 Å². The van der Waals surface area contributed by atoms with Crippen molar-refractivity contribution in [2.24, 2.45) is 0 Å². The van der Waals surface area contributed by atoms with E-state index in [4.69, 9.17) is 18.7 Å². The first-order valence-corrected chi connectivity index (χ1v) is 10.3. The van der Waals surface area contributed by atoms with Gasteiger partial charge in [-0.2, -0.15) is 4.98 Å². The van der Waals surface area contributed by atoms with Crippen molar-refractivity contribution in [3.05, 3.63) is 89.8 Å². The number of nitrogens with one attached hydrogen (secondary N) is 1. The van der Waals surface area contributed by atoms with E-state index in [1.807, 2.05) is 48.5 Å². The van der Waals surface area contributed by atoms with Crippen LogP contribution in [-0.2, 0) is 13.2 Å². The second-order valence-corrected chi connectivity index (χ2v) is 7.02. The molecular weight excluding hydrogens is 422 g/mol. The standard InChI is InChI=1S/C25H23N3O5/c1-30-19-13-11-17(12-14-19)24-27-23(33-28-24)16-32-22-10-6-4-8-20(22)25(29)26-15-18-7-3-5-9-21(18)31-2/h3-14H,15-16H2,1-2H3,(H,26,29). The van der Waals surface area contributed by atoms with Gasteiger partial charge in [-0.1, -0.05) is 35.5 Å². The highest BCUT2D eigenvalue weighted by molar-refractivity contribution is 5.96. The lowest BCUT2D eigenvalue weighted by molar-refractivity contribution is 0.0945. The molecule has 4 aromatic rings. The molecular formula is C25H23N3O5. The van der Waals surface area contributed by atoms with Crippen LogP contribution in [0.25, 0.3) is 11.4 Å². The molecule has 0 bridgehead atoms. The number of methoxy groups -OCH3 is 2. The molecule has 8 nitrogen and oxygen atoms in total. The fraction of sp³-hybridized carbons (Fsp3) is 0.160. The number of hydrogen-bond acceptors (Lipinski definition) is 7. The second kappa shape index (κ2) is 10.3. The van der Waals surface area contributed by atoms with Gasteiger partial charge >= 0.3 is 0 Å². The molecule has 1 heterocycles. The van der Waals surface area contributed by atoms with E-state index in [0.717, 1.165) is 16.9 Å². The van der Waals surface area contributed by atoms with Crippen molar-refractivity contribution in [3.8, 4) is 28.6 Å². The molecule has 0 saturated heterocycles. The van der Waals surface area contributed by atoms with Crippen LogP contribution in [0.15, 0.2) is 77.3 Å². The lowest BCUT2D eigenvalue weighted by Gasteiger charge is -2.12. The summed E-state index contributed by atoms with van der Waals surface area (Å²) in [6.45, 7) is 0.353. The second-order valence-electron chi connectivity index (χ2n) is 7.02. The van der Waals surface area contributed by atoms with Gasteiger partial charge in [0.1, 0.15) is 17.2 Å². The molecule has 0 aliphatic heterocycles. The van der Waals surface area contributed by atoms with Gasteiger partial charge in [-0.15, -0.1) is 0 Å². The third-order valence-electron chi connectivity index (χ3n) is 4.93. The van der Waals surface area contributed by atoms with Gasteiger partial charge in [-0.3, -0.25) is 4.79 Å². The SMILES string of the molecule is COc1ccc(-c2noc(COc3ccccc3C(=O)NCc3ccccc3OC)n2)cc1. The minimum atomic E-state index is -0.263. The molecule has 0 spiro atoms. The number of carbonyl (C=O) groups is 1. The maximum absolute atomic E-state index is 12.8. The van der Waals surface area contributed by atoms with E-state index < -0.39 is 0 Å². The summed E-state index contributed by atoms with van der Waals surface area (Å²) in [5, 5.41) is 6.90. The summed E-state index contributed by atoms with van der Waals surface area (Å²) in [7, 11) is 3.21. The Bertz CT molecular complexity index is 1220. The van der Waals surface area contributed by atoms with Crippen LogP contribution in [0.3, 0.4) is 0 Å². The molecule has 1 N–H and O–H groups in total. The van der Waals surface area contributed by atoms with Crippen molar-refractivity contribution in [1.29, 1.82) is 0 Å². The Balaban J connectivity index is 1.40. The van der Waals surface area contributed by atoms with Crippen molar-refractivity contribution in [3.63, 3.8) is 0 Å². The number of hydrogen-bond donors (Lipinski definition) is 1. The van der Waals surface area contributed by atoms with E-state index in [9.17, 15) is 4.79 Å². The molecule has 168 valence electrons. The quantitative estimate of drug-likeness (QED) is 0.411. The van der Waals surface area contributed by atoms with Crippen molar-refractivity contribution >= 4 is 5.91 Å². The predicted octanol–water partition coefficient (Wildman–Crippen LogP) is 4.26. The van der Waals surface area contributed by atoms with Gasteiger partial charge in [0.15, 0.2) is 6.61 Å². The molecule has 3 aromatic carbocycles. The number of nitrogens with zero attached hydrogens (tertiary/aromatic N) is 2. The molecule has 1 amide bonds. The Morgan fingerprint density at radius 3 is 2.39 bits per heavy atom. The van der Waals surface area contributed by atoms with Gasteiger partial charge in [-0.25, -0.2) is 0 Å². The Labute approximate surface area is 191 Å². The van der Waals surface area contributed by atoms with E-state index in [-0.39, 0.29) is 12.5 Å². The van der Waals surface area contributed by atoms with Crippen LogP contribution in [0.2, 0.25) is 0 Å². The highest BCUT2D eigenvalue weighted by Gasteiger charge is 2.15. The third kappa shape index (κ3) is 5.30. The number of aromatic nitrogens is 2. The zero-order chi connectivity index (χ0) is 23.0. The minimum Gasteiger partial charge on any atom is -0.497 e. The highest BCUT2D eigenvalue weighted by atomic mass is 16.5. The maximum atomic E-state index is 12.8. The first kappa shape index (κ1) is 21.9. The van der Waals surface area contributed by atoms with Gasteiger partial charge in [-0.05, 0) is 42.5 Å². The molecule has 0 unspecified atom stereocenters. The first-order valence-electron chi connectivity index (χ1n) is 10.3. The fourth-order valence-electron chi connectivity index (χ4n) is 3.21. The Hall–Kier alpha value is -4.33. The lowest BCUT2D eigenvalue weighted by atomic mass is 10.1. The van der Waals surface area contributed by atoms with Gasteiger partial charge in [0.2, 0.25) is 5.82 Å². The Morgan fingerprint density at radius 2 is 1.64 bits per heavy atom. The van der Waals surface area contributed by atoms with Crippen molar-refractivity contribution < 1.29 is 23.5 Å². The lowest BCUT2D eigenvalue weighted by Crippen LogP contribution is -2.23.